The number of nitrogens with one attached hydrogen (secondary N) is 2. The molecule has 1 aromatic carbocycles. The van der Waals surface area contributed by atoms with Gasteiger partial charge in [0.2, 0.25) is 10.0 Å². The molecule has 3 heterocycles. The maximum Gasteiger partial charge on any atom is 0.243 e. The van der Waals surface area contributed by atoms with Crippen molar-refractivity contribution in [2.24, 2.45) is 7.05 Å². The molecule has 0 saturated carbocycles. The molecular weight excluding hydrogens is 442 g/mol. The average molecular weight is 466 g/mol. The van der Waals surface area contributed by atoms with E-state index in [1.165, 1.54) is 27.5 Å². The highest BCUT2D eigenvalue weighted by atomic mass is 35.5. The van der Waals surface area contributed by atoms with Crippen LogP contribution in [0.1, 0.15) is 33.6 Å². The van der Waals surface area contributed by atoms with Gasteiger partial charge in [0.15, 0.2) is 0 Å². The van der Waals surface area contributed by atoms with Gasteiger partial charge in [0.1, 0.15) is 4.90 Å². The fraction of sp³-hybridized carbons (Fsp3) is 0.400. The SMILES string of the molecule is Cn1cc(S(=O)(=O)NCCCc2nc3c(s2)CCNC3Cc2ccc(Cl)cc2)cn1. The molecule has 1 aliphatic rings. The minimum absolute atomic E-state index is 0.186. The highest BCUT2D eigenvalue weighted by Crippen LogP contribution is 2.30. The lowest BCUT2D eigenvalue weighted by molar-refractivity contribution is 0.495. The maximum atomic E-state index is 12.3. The molecule has 2 aromatic heterocycles. The van der Waals surface area contributed by atoms with Crippen molar-refractivity contribution in [1.82, 2.24) is 24.8 Å². The van der Waals surface area contributed by atoms with Crippen LogP contribution in [0, 0.1) is 0 Å². The van der Waals surface area contributed by atoms with Gasteiger partial charge in [0.05, 0.1) is 22.9 Å². The number of aryl methyl sites for hydroxylation is 2. The Hall–Kier alpha value is -1.78. The Bertz CT molecular complexity index is 1110. The Balaban J connectivity index is 1.34. The van der Waals surface area contributed by atoms with Crippen molar-refractivity contribution in [1.29, 1.82) is 0 Å². The van der Waals surface area contributed by atoms with Gasteiger partial charge in [-0.1, -0.05) is 23.7 Å². The molecule has 0 amide bonds. The maximum absolute atomic E-state index is 12.3. The minimum atomic E-state index is -3.51. The second-order valence-electron chi connectivity index (χ2n) is 7.35. The van der Waals surface area contributed by atoms with Crippen LogP contribution in [0.25, 0.3) is 0 Å². The number of hydrogen-bond acceptors (Lipinski definition) is 6. The summed E-state index contributed by atoms with van der Waals surface area (Å²) < 4.78 is 28.6. The van der Waals surface area contributed by atoms with E-state index in [-0.39, 0.29) is 10.9 Å². The largest absolute Gasteiger partial charge is 0.308 e. The molecule has 0 aliphatic carbocycles. The second kappa shape index (κ2) is 9.15. The second-order valence-corrected chi connectivity index (χ2v) is 10.7. The Kier molecular flexibility index (Phi) is 6.54. The molecule has 1 aliphatic heterocycles. The summed E-state index contributed by atoms with van der Waals surface area (Å²) in [4.78, 5) is 6.40. The Labute approximate surface area is 185 Å². The third-order valence-electron chi connectivity index (χ3n) is 5.05. The third kappa shape index (κ3) is 5.09. The zero-order valence-corrected chi connectivity index (χ0v) is 19.0. The molecule has 1 unspecified atom stereocenters. The number of aromatic nitrogens is 3. The topological polar surface area (TPSA) is 88.9 Å². The van der Waals surface area contributed by atoms with Crippen molar-refractivity contribution in [3.05, 3.63) is 62.8 Å². The highest BCUT2D eigenvalue weighted by molar-refractivity contribution is 7.89. The molecule has 0 bridgehead atoms. The van der Waals surface area contributed by atoms with Crippen LogP contribution in [-0.4, -0.2) is 36.3 Å². The number of nitrogens with zero attached hydrogens (tertiary/aromatic N) is 3. The van der Waals surface area contributed by atoms with Gasteiger partial charge in [-0.3, -0.25) is 4.68 Å². The molecule has 160 valence electrons. The number of sulfonamides is 1. The van der Waals surface area contributed by atoms with Crippen molar-refractivity contribution < 1.29 is 8.42 Å². The fourth-order valence-electron chi connectivity index (χ4n) is 3.52. The van der Waals surface area contributed by atoms with Crippen LogP contribution in [0.2, 0.25) is 5.02 Å². The normalized spacial score (nSPS) is 16.5. The summed E-state index contributed by atoms with van der Waals surface area (Å²) >= 11 is 7.74. The first-order valence-electron chi connectivity index (χ1n) is 9.85. The standard InChI is InChI=1S/C20H24ClN5O2S2/c1-26-13-16(12-23-26)30(27,28)24-9-2-3-19-25-20-17(22-10-8-18(20)29-19)11-14-4-6-15(21)7-5-14/h4-7,12-13,17,22,24H,2-3,8-11H2,1H3. The molecule has 7 nitrogen and oxygen atoms in total. The predicted molar refractivity (Wildman–Crippen MR) is 118 cm³/mol. The Morgan fingerprint density at radius 3 is 2.87 bits per heavy atom. The first-order valence-corrected chi connectivity index (χ1v) is 12.5. The van der Waals surface area contributed by atoms with Crippen LogP contribution in [0.4, 0.5) is 0 Å². The summed E-state index contributed by atoms with van der Waals surface area (Å²) in [5.74, 6) is 0. The van der Waals surface area contributed by atoms with E-state index in [9.17, 15) is 8.42 Å². The summed E-state index contributed by atoms with van der Waals surface area (Å²) in [6.07, 6.45) is 6.15. The van der Waals surface area contributed by atoms with Crippen LogP contribution >= 0.6 is 22.9 Å². The molecule has 0 radical (unpaired) electrons. The van der Waals surface area contributed by atoms with E-state index in [4.69, 9.17) is 16.6 Å². The number of rotatable bonds is 8. The Morgan fingerprint density at radius 1 is 1.33 bits per heavy atom. The van der Waals surface area contributed by atoms with E-state index in [2.05, 4.69) is 27.3 Å². The molecule has 1 atom stereocenters. The van der Waals surface area contributed by atoms with E-state index in [1.54, 1.807) is 18.4 Å². The lowest BCUT2D eigenvalue weighted by atomic mass is 9.99. The van der Waals surface area contributed by atoms with Gasteiger partial charge in [-0.05, 0) is 37.0 Å². The molecule has 0 spiro atoms. The fourth-order valence-corrected chi connectivity index (χ4v) is 5.88. The van der Waals surface area contributed by atoms with Crippen LogP contribution in [0.3, 0.4) is 0 Å². The third-order valence-corrected chi connectivity index (χ3v) is 7.91. The predicted octanol–water partition coefficient (Wildman–Crippen LogP) is 2.87. The summed E-state index contributed by atoms with van der Waals surface area (Å²) in [6.45, 7) is 1.31. The molecule has 4 rings (SSSR count). The van der Waals surface area contributed by atoms with Crippen molar-refractivity contribution in [3.8, 4) is 0 Å². The number of fused-ring (bicyclic) bond motifs is 1. The Morgan fingerprint density at radius 2 is 2.13 bits per heavy atom. The highest BCUT2D eigenvalue weighted by Gasteiger charge is 2.24. The summed E-state index contributed by atoms with van der Waals surface area (Å²) in [5.41, 5.74) is 2.36. The van der Waals surface area contributed by atoms with Gasteiger partial charge in [0.25, 0.3) is 0 Å². The molecular formula is C20H24ClN5O2S2. The van der Waals surface area contributed by atoms with Crippen molar-refractivity contribution >= 4 is 33.0 Å². The van der Waals surface area contributed by atoms with Gasteiger partial charge in [-0.15, -0.1) is 11.3 Å². The van der Waals surface area contributed by atoms with E-state index in [0.29, 0.717) is 13.0 Å². The van der Waals surface area contributed by atoms with Crippen LogP contribution < -0.4 is 10.0 Å². The number of halogens is 1. The number of thiazole rings is 1. The number of hydrogen-bond donors (Lipinski definition) is 2. The lowest BCUT2D eigenvalue weighted by Crippen LogP contribution is -2.30. The van der Waals surface area contributed by atoms with Crippen LogP contribution in [-0.2, 0) is 36.3 Å². The first kappa shape index (κ1) is 21.5. The monoisotopic (exact) mass is 465 g/mol. The van der Waals surface area contributed by atoms with Gasteiger partial charge in [0, 0.05) is 42.7 Å². The van der Waals surface area contributed by atoms with E-state index >= 15 is 0 Å². The van der Waals surface area contributed by atoms with Gasteiger partial charge in [-0.2, -0.15) is 5.10 Å². The molecule has 0 saturated heterocycles. The zero-order valence-electron chi connectivity index (χ0n) is 16.6. The van der Waals surface area contributed by atoms with E-state index < -0.39 is 10.0 Å². The molecule has 10 heteroatoms. The summed E-state index contributed by atoms with van der Waals surface area (Å²) in [6, 6.07) is 8.14. The van der Waals surface area contributed by atoms with E-state index in [1.807, 2.05) is 12.1 Å². The average Bonchev–Trinajstić information content (AvgIpc) is 3.34. The van der Waals surface area contributed by atoms with Crippen molar-refractivity contribution in [2.75, 3.05) is 13.1 Å². The molecule has 3 aromatic rings. The smallest absolute Gasteiger partial charge is 0.243 e. The van der Waals surface area contributed by atoms with Crippen molar-refractivity contribution in [3.63, 3.8) is 0 Å². The summed E-state index contributed by atoms with van der Waals surface area (Å²) in [7, 11) is -1.82. The van der Waals surface area contributed by atoms with E-state index in [0.717, 1.165) is 41.5 Å². The van der Waals surface area contributed by atoms with Gasteiger partial charge < -0.3 is 5.32 Å². The molecule has 2 N–H and O–H groups in total. The van der Waals surface area contributed by atoms with Gasteiger partial charge >= 0.3 is 0 Å². The summed E-state index contributed by atoms with van der Waals surface area (Å²) in [5, 5.41) is 9.29. The lowest BCUT2D eigenvalue weighted by Gasteiger charge is -2.23. The van der Waals surface area contributed by atoms with Gasteiger partial charge in [-0.25, -0.2) is 18.1 Å². The molecule has 0 fully saturated rings. The first-order chi connectivity index (χ1) is 14.4. The molecule has 30 heavy (non-hydrogen) atoms. The van der Waals surface area contributed by atoms with Crippen LogP contribution in [0.15, 0.2) is 41.6 Å². The number of benzene rings is 1. The minimum Gasteiger partial charge on any atom is -0.308 e. The zero-order chi connectivity index (χ0) is 21.1. The van der Waals surface area contributed by atoms with Crippen LogP contribution in [0.5, 0.6) is 0 Å². The van der Waals surface area contributed by atoms with Crippen molar-refractivity contribution in [2.45, 2.75) is 36.6 Å². The quantitative estimate of drug-likeness (QED) is 0.499.